The van der Waals surface area contributed by atoms with Crippen LogP contribution in [0.3, 0.4) is 0 Å². The smallest absolute Gasteiger partial charge is 0.0658 e. The number of aromatic amines is 1. The highest BCUT2D eigenvalue weighted by molar-refractivity contribution is 6.20. The normalized spacial score (nSPS) is 35.9. The average molecular weight is 341 g/mol. The molecule has 2 N–H and O–H groups in total. The molecule has 0 fully saturated rings. The fourth-order valence-electron chi connectivity index (χ4n) is 3.66. The Hall–Kier alpha value is -3.14. The van der Waals surface area contributed by atoms with Crippen molar-refractivity contribution in [2.24, 2.45) is 9.98 Å². The maximum Gasteiger partial charge on any atom is 0.0658 e. The van der Waals surface area contributed by atoms with Gasteiger partial charge < -0.3 is 10.3 Å². The van der Waals surface area contributed by atoms with Crippen LogP contribution in [-0.4, -0.2) is 21.9 Å². The van der Waals surface area contributed by atoms with Crippen molar-refractivity contribution in [3.05, 3.63) is 82.0 Å². The zero-order valence-electron chi connectivity index (χ0n) is 15.7. The Morgan fingerprint density at radius 3 is 2.35 bits per heavy atom. The summed E-state index contributed by atoms with van der Waals surface area (Å²) >= 11 is 0. The van der Waals surface area contributed by atoms with Crippen LogP contribution >= 0.6 is 0 Å². The van der Waals surface area contributed by atoms with Gasteiger partial charge >= 0.3 is 0 Å². The second-order valence-electron chi connectivity index (χ2n) is 7.18. The first kappa shape index (κ1) is 14.1. The van der Waals surface area contributed by atoms with Crippen molar-refractivity contribution in [3.8, 4) is 0 Å². The van der Waals surface area contributed by atoms with Crippen molar-refractivity contribution in [3.63, 3.8) is 0 Å². The Labute approximate surface area is 153 Å². The second-order valence-corrected chi connectivity index (χ2v) is 7.18. The van der Waals surface area contributed by atoms with Crippen molar-refractivity contribution in [2.75, 3.05) is 0 Å². The van der Waals surface area contributed by atoms with Crippen molar-refractivity contribution in [1.82, 2.24) is 10.3 Å². The Morgan fingerprint density at radius 1 is 0.962 bits per heavy atom. The van der Waals surface area contributed by atoms with E-state index in [9.17, 15) is 0 Å². The number of rotatable bonds is 0. The van der Waals surface area contributed by atoms with Gasteiger partial charge in [0.1, 0.15) is 0 Å². The van der Waals surface area contributed by atoms with Crippen LogP contribution in [0.25, 0.3) is 12.2 Å². The molecule has 1 aromatic heterocycles. The van der Waals surface area contributed by atoms with Crippen LogP contribution < -0.4 is 16.0 Å². The molecule has 4 aliphatic heterocycles. The lowest BCUT2D eigenvalue weighted by atomic mass is 9.96. The zero-order valence-corrected chi connectivity index (χ0v) is 14.7. The molecule has 0 aromatic carbocycles. The SMILES string of the molecule is [2H]C1C(C)=C2/C=C3/C=CC(=N3)/C=c3/cc/c([nH]3)=C/C3=NC(=C\C1(C)N2)/C=C3. The third-order valence-electron chi connectivity index (χ3n) is 4.79. The van der Waals surface area contributed by atoms with Gasteiger partial charge in [0.15, 0.2) is 0 Å². The first-order valence-electron chi connectivity index (χ1n) is 9.34. The van der Waals surface area contributed by atoms with Crippen molar-refractivity contribution in [1.29, 1.82) is 0 Å². The van der Waals surface area contributed by atoms with E-state index in [1.54, 1.807) is 0 Å². The minimum Gasteiger partial charge on any atom is -0.376 e. The number of hydrogen-bond acceptors (Lipinski definition) is 3. The molecule has 26 heavy (non-hydrogen) atoms. The summed E-state index contributed by atoms with van der Waals surface area (Å²) in [6.07, 6.45) is 15.8. The summed E-state index contributed by atoms with van der Waals surface area (Å²) in [5.41, 5.74) is 5.04. The van der Waals surface area contributed by atoms with E-state index in [0.29, 0.717) is 0 Å². The Kier molecular flexibility index (Phi) is 2.94. The number of nitrogens with zero attached hydrogens (tertiary/aromatic N) is 2. The largest absolute Gasteiger partial charge is 0.376 e. The minimum absolute atomic E-state index is 0.380. The summed E-state index contributed by atoms with van der Waals surface area (Å²) in [6.45, 7) is 4.06. The quantitative estimate of drug-likeness (QED) is 0.748. The van der Waals surface area contributed by atoms with Gasteiger partial charge in [-0.3, -0.25) is 0 Å². The van der Waals surface area contributed by atoms with Gasteiger partial charge in [-0.05, 0) is 86.6 Å². The molecule has 0 amide bonds. The molecule has 0 saturated heterocycles. The molecule has 0 radical (unpaired) electrons. The van der Waals surface area contributed by atoms with E-state index in [1.807, 2.05) is 68.5 Å². The summed E-state index contributed by atoms with van der Waals surface area (Å²) < 4.78 is 8.68. The summed E-state index contributed by atoms with van der Waals surface area (Å²) in [6, 6.07) is 4.08. The lowest BCUT2D eigenvalue weighted by Gasteiger charge is -2.22. The molecule has 0 spiro atoms. The number of fused-ring (bicyclic) bond motifs is 6. The van der Waals surface area contributed by atoms with Crippen LogP contribution in [0.2, 0.25) is 0 Å². The Bertz CT molecular complexity index is 1180. The van der Waals surface area contributed by atoms with E-state index in [0.717, 1.165) is 44.8 Å². The Balaban J connectivity index is 1.71. The van der Waals surface area contributed by atoms with Gasteiger partial charge in [-0.2, -0.15) is 0 Å². The summed E-state index contributed by atoms with van der Waals surface area (Å²) in [7, 11) is 0. The molecular formula is C22H20N4. The van der Waals surface area contributed by atoms with Gasteiger partial charge in [0, 0.05) is 17.8 Å². The number of hydrogen-bond donors (Lipinski definition) is 2. The number of nitrogens with one attached hydrogen (secondary N) is 2. The molecule has 0 aliphatic carbocycles. The highest BCUT2D eigenvalue weighted by Crippen LogP contribution is 2.31. The number of aromatic nitrogens is 1. The van der Waals surface area contributed by atoms with Crippen LogP contribution in [0.4, 0.5) is 0 Å². The molecule has 2 unspecified atom stereocenters. The van der Waals surface area contributed by atoms with E-state index in [-0.39, 0.29) is 6.40 Å². The molecule has 2 atom stereocenters. The highest BCUT2D eigenvalue weighted by Gasteiger charge is 2.30. The molecule has 0 saturated carbocycles. The van der Waals surface area contributed by atoms with Gasteiger partial charge in [-0.25, -0.2) is 9.98 Å². The molecule has 4 aliphatic rings. The number of allylic oxidation sites excluding steroid dienone is 5. The lowest BCUT2D eigenvalue weighted by molar-refractivity contribution is 0.523. The zero-order chi connectivity index (χ0) is 18.6. The average Bonchev–Trinajstić information content (AvgIpc) is 3.38. The first-order valence-corrected chi connectivity index (χ1v) is 8.76. The van der Waals surface area contributed by atoms with Gasteiger partial charge in [0.25, 0.3) is 0 Å². The van der Waals surface area contributed by atoms with Crippen LogP contribution in [-0.2, 0) is 0 Å². The Morgan fingerprint density at radius 2 is 1.62 bits per heavy atom. The van der Waals surface area contributed by atoms with Crippen LogP contribution in [0, 0.1) is 0 Å². The standard InChI is InChI=1S/C22H20N4/c1-14-12-22(2)13-20-8-7-18(25-20)10-16-4-3-15(23-16)9-17-5-6-19(24-17)11-21(14)26-22/h3-11,13,23,26H,12H2,1-2H3/b15-9-,16-10-,19-11-,20-13-/i12D. The molecule has 4 heteroatoms. The van der Waals surface area contributed by atoms with E-state index in [4.69, 9.17) is 6.36 Å². The number of aliphatic imine (C=N–C) groups is 2. The maximum atomic E-state index is 8.68. The minimum atomic E-state index is -0.507. The summed E-state index contributed by atoms with van der Waals surface area (Å²) in [4.78, 5) is 12.8. The third kappa shape index (κ3) is 2.73. The van der Waals surface area contributed by atoms with Gasteiger partial charge in [-0.1, -0.05) is 0 Å². The van der Waals surface area contributed by atoms with E-state index in [1.165, 1.54) is 0 Å². The molecule has 8 bridgehead atoms. The monoisotopic (exact) mass is 341 g/mol. The van der Waals surface area contributed by atoms with Crippen molar-refractivity contribution < 1.29 is 1.37 Å². The molecule has 5 heterocycles. The number of H-pyrrole nitrogens is 1. The predicted molar refractivity (Wildman–Crippen MR) is 107 cm³/mol. The molecule has 1 aromatic rings. The van der Waals surface area contributed by atoms with Crippen molar-refractivity contribution in [2.45, 2.75) is 25.8 Å². The van der Waals surface area contributed by atoms with Crippen LogP contribution in [0.5, 0.6) is 0 Å². The van der Waals surface area contributed by atoms with Gasteiger partial charge in [0.05, 0.1) is 28.4 Å². The summed E-state index contributed by atoms with van der Waals surface area (Å²) in [5.74, 6) is 0. The second kappa shape index (κ2) is 5.43. The lowest BCUT2D eigenvalue weighted by Crippen LogP contribution is -2.34. The van der Waals surface area contributed by atoms with Crippen LogP contribution in [0.15, 0.2) is 81.2 Å². The summed E-state index contributed by atoms with van der Waals surface area (Å²) in [5, 5.41) is 5.53. The highest BCUT2D eigenvalue weighted by atomic mass is 15.0. The van der Waals surface area contributed by atoms with Crippen LogP contribution in [0.1, 0.15) is 21.6 Å². The fourth-order valence-corrected chi connectivity index (χ4v) is 3.66. The predicted octanol–water partition coefficient (Wildman–Crippen LogP) is 2.40. The molecule has 4 nitrogen and oxygen atoms in total. The molecule has 5 rings (SSSR count). The molecule has 128 valence electrons. The third-order valence-corrected chi connectivity index (χ3v) is 4.79. The fraction of sp³-hybridized carbons (Fsp3) is 0.182. The van der Waals surface area contributed by atoms with E-state index in [2.05, 4.69) is 21.4 Å². The molecular weight excluding hydrogens is 320 g/mol. The van der Waals surface area contributed by atoms with E-state index < -0.39 is 5.54 Å². The van der Waals surface area contributed by atoms with E-state index >= 15 is 0 Å². The van der Waals surface area contributed by atoms with Crippen molar-refractivity contribution >= 4 is 23.6 Å². The van der Waals surface area contributed by atoms with Gasteiger partial charge in [-0.15, -0.1) is 0 Å². The van der Waals surface area contributed by atoms with Gasteiger partial charge in [0.2, 0.25) is 0 Å². The first-order chi connectivity index (χ1) is 13.0. The maximum absolute atomic E-state index is 8.68. The topological polar surface area (TPSA) is 52.5 Å².